The SMILES string of the molecule is CN(Cc1ccc(Br)cc1)CC1(CN)CC1. The van der Waals surface area contributed by atoms with Gasteiger partial charge in [0.25, 0.3) is 0 Å². The molecule has 3 heteroatoms. The van der Waals surface area contributed by atoms with Crippen LogP contribution < -0.4 is 5.73 Å². The van der Waals surface area contributed by atoms with Crippen LogP contribution in [0.3, 0.4) is 0 Å². The van der Waals surface area contributed by atoms with Crippen LogP contribution in [0.2, 0.25) is 0 Å². The van der Waals surface area contributed by atoms with Gasteiger partial charge in [-0.2, -0.15) is 0 Å². The van der Waals surface area contributed by atoms with Crippen LogP contribution in [-0.2, 0) is 6.54 Å². The monoisotopic (exact) mass is 282 g/mol. The molecule has 0 atom stereocenters. The average Bonchev–Trinajstić information content (AvgIpc) is 3.02. The van der Waals surface area contributed by atoms with Crippen LogP contribution in [0.25, 0.3) is 0 Å². The van der Waals surface area contributed by atoms with Gasteiger partial charge in [-0.25, -0.2) is 0 Å². The highest BCUT2D eigenvalue weighted by atomic mass is 79.9. The van der Waals surface area contributed by atoms with E-state index >= 15 is 0 Å². The standard InChI is InChI=1S/C13H19BrN2/c1-16(10-13(9-15)6-7-13)8-11-2-4-12(14)5-3-11/h2-5H,6-10,15H2,1H3. The van der Waals surface area contributed by atoms with Gasteiger partial charge in [0, 0.05) is 17.6 Å². The van der Waals surface area contributed by atoms with E-state index < -0.39 is 0 Å². The highest BCUT2D eigenvalue weighted by Crippen LogP contribution is 2.45. The van der Waals surface area contributed by atoms with E-state index in [0.717, 1.165) is 24.1 Å². The molecule has 1 aromatic rings. The minimum absolute atomic E-state index is 0.435. The molecule has 1 fully saturated rings. The first-order valence-electron chi connectivity index (χ1n) is 5.77. The molecular formula is C13H19BrN2. The first-order valence-corrected chi connectivity index (χ1v) is 6.56. The maximum atomic E-state index is 5.80. The van der Waals surface area contributed by atoms with Crippen LogP contribution in [0.4, 0.5) is 0 Å². The first kappa shape index (κ1) is 12.1. The lowest BCUT2D eigenvalue weighted by molar-refractivity contribution is 0.259. The van der Waals surface area contributed by atoms with E-state index in [4.69, 9.17) is 5.73 Å². The lowest BCUT2D eigenvalue weighted by Gasteiger charge is -2.22. The maximum absolute atomic E-state index is 5.80. The quantitative estimate of drug-likeness (QED) is 0.900. The van der Waals surface area contributed by atoms with Crippen molar-refractivity contribution in [3.05, 3.63) is 34.3 Å². The molecule has 2 nitrogen and oxygen atoms in total. The summed E-state index contributed by atoms with van der Waals surface area (Å²) in [4.78, 5) is 2.38. The van der Waals surface area contributed by atoms with Crippen LogP contribution in [-0.4, -0.2) is 25.0 Å². The van der Waals surface area contributed by atoms with Crippen LogP contribution in [0.15, 0.2) is 28.7 Å². The number of halogens is 1. The highest BCUT2D eigenvalue weighted by molar-refractivity contribution is 9.10. The molecule has 0 aliphatic heterocycles. The first-order chi connectivity index (χ1) is 7.63. The van der Waals surface area contributed by atoms with Gasteiger partial charge in [-0.05, 0) is 49.5 Å². The van der Waals surface area contributed by atoms with E-state index in [0.29, 0.717) is 5.41 Å². The van der Waals surface area contributed by atoms with E-state index in [1.807, 2.05) is 0 Å². The number of rotatable bonds is 5. The molecule has 16 heavy (non-hydrogen) atoms. The van der Waals surface area contributed by atoms with Crippen molar-refractivity contribution in [1.82, 2.24) is 4.90 Å². The zero-order valence-electron chi connectivity index (χ0n) is 9.75. The van der Waals surface area contributed by atoms with Gasteiger partial charge < -0.3 is 10.6 Å². The second kappa shape index (κ2) is 4.86. The van der Waals surface area contributed by atoms with Crippen molar-refractivity contribution in [3.8, 4) is 0 Å². The molecule has 1 saturated carbocycles. The van der Waals surface area contributed by atoms with Crippen molar-refractivity contribution in [2.45, 2.75) is 19.4 Å². The van der Waals surface area contributed by atoms with Crippen molar-refractivity contribution in [3.63, 3.8) is 0 Å². The van der Waals surface area contributed by atoms with Crippen molar-refractivity contribution in [2.24, 2.45) is 11.1 Å². The second-order valence-electron chi connectivity index (χ2n) is 5.00. The fraction of sp³-hybridized carbons (Fsp3) is 0.538. The Morgan fingerprint density at radius 2 is 1.94 bits per heavy atom. The summed E-state index contributed by atoms with van der Waals surface area (Å²) >= 11 is 3.45. The molecule has 0 amide bonds. The summed E-state index contributed by atoms with van der Waals surface area (Å²) in [5.41, 5.74) is 7.59. The van der Waals surface area contributed by atoms with Crippen LogP contribution >= 0.6 is 15.9 Å². The van der Waals surface area contributed by atoms with Gasteiger partial charge >= 0.3 is 0 Å². The molecule has 2 rings (SSSR count). The van der Waals surface area contributed by atoms with Gasteiger partial charge in [0.05, 0.1) is 0 Å². The molecule has 0 bridgehead atoms. The minimum Gasteiger partial charge on any atom is -0.330 e. The summed E-state index contributed by atoms with van der Waals surface area (Å²) < 4.78 is 1.14. The third kappa shape index (κ3) is 3.06. The smallest absolute Gasteiger partial charge is 0.0230 e. The Morgan fingerprint density at radius 1 is 1.31 bits per heavy atom. The Kier molecular flexibility index (Phi) is 3.67. The Hall–Kier alpha value is -0.380. The lowest BCUT2D eigenvalue weighted by Crippen LogP contribution is -2.31. The lowest BCUT2D eigenvalue weighted by atomic mass is 10.1. The number of nitrogens with zero attached hydrogens (tertiary/aromatic N) is 1. The molecule has 0 radical (unpaired) electrons. The fourth-order valence-electron chi connectivity index (χ4n) is 2.13. The van der Waals surface area contributed by atoms with E-state index in [2.05, 4.69) is 52.1 Å². The van der Waals surface area contributed by atoms with Gasteiger partial charge in [-0.15, -0.1) is 0 Å². The summed E-state index contributed by atoms with van der Waals surface area (Å²) in [5, 5.41) is 0. The molecule has 1 aliphatic rings. The molecule has 0 unspecified atom stereocenters. The van der Waals surface area contributed by atoms with Crippen molar-refractivity contribution in [1.29, 1.82) is 0 Å². The second-order valence-corrected chi connectivity index (χ2v) is 5.92. The van der Waals surface area contributed by atoms with Gasteiger partial charge in [0.1, 0.15) is 0 Å². The molecule has 0 saturated heterocycles. The molecule has 0 aromatic heterocycles. The summed E-state index contributed by atoms with van der Waals surface area (Å²) in [6, 6.07) is 8.53. The molecule has 0 heterocycles. The molecule has 0 spiro atoms. The van der Waals surface area contributed by atoms with Gasteiger partial charge in [-0.3, -0.25) is 0 Å². The summed E-state index contributed by atoms with van der Waals surface area (Å²) in [6.07, 6.45) is 2.60. The third-order valence-electron chi connectivity index (χ3n) is 3.36. The number of hydrogen-bond donors (Lipinski definition) is 1. The number of nitrogens with two attached hydrogens (primary N) is 1. The normalized spacial score (nSPS) is 17.8. The molecule has 1 aromatic carbocycles. The van der Waals surface area contributed by atoms with Crippen LogP contribution in [0.5, 0.6) is 0 Å². The number of hydrogen-bond acceptors (Lipinski definition) is 2. The Bertz CT molecular complexity index is 343. The van der Waals surface area contributed by atoms with E-state index in [-0.39, 0.29) is 0 Å². The van der Waals surface area contributed by atoms with Crippen LogP contribution in [0, 0.1) is 5.41 Å². The Balaban J connectivity index is 1.87. The molecule has 1 aliphatic carbocycles. The van der Waals surface area contributed by atoms with Gasteiger partial charge in [0.15, 0.2) is 0 Å². The van der Waals surface area contributed by atoms with E-state index in [1.165, 1.54) is 18.4 Å². The predicted octanol–water partition coefficient (Wildman–Crippen LogP) is 2.62. The molecule has 2 N–H and O–H groups in total. The fourth-order valence-corrected chi connectivity index (χ4v) is 2.40. The zero-order valence-corrected chi connectivity index (χ0v) is 11.3. The van der Waals surface area contributed by atoms with Crippen molar-refractivity contribution in [2.75, 3.05) is 20.1 Å². The van der Waals surface area contributed by atoms with Crippen molar-refractivity contribution >= 4 is 15.9 Å². The molecular weight excluding hydrogens is 264 g/mol. The maximum Gasteiger partial charge on any atom is 0.0230 e. The highest BCUT2D eigenvalue weighted by Gasteiger charge is 2.41. The largest absolute Gasteiger partial charge is 0.330 e. The average molecular weight is 283 g/mol. The van der Waals surface area contributed by atoms with Gasteiger partial charge in [0.2, 0.25) is 0 Å². The van der Waals surface area contributed by atoms with Crippen LogP contribution in [0.1, 0.15) is 18.4 Å². The summed E-state index contributed by atoms with van der Waals surface area (Å²) in [6.45, 7) is 2.96. The summed E-state index contributed by atoms with van der Waals surface area (Å²) in [5.74, 6) is 0. The summed E-state index contributed by atoms with van der Waals surface area (Å²) in [7, 11) is 2.18. The van der Waals surface area contributed by atoms with E-state index in [1.54, 1.807) is 0 Å². The Labute approximate surface area is 106 Å². The third-order valence-corrected chi connectivity index (χ3v) is 3.89. The molecule has 88 valence electrons. The van der Waals surface area contributed by atoms with Crippen molar-refractivity contribution < 1.29 is 0 Å². The predicted molar refractivity (Wildman–Crippen MR) is 71.2 cm³/mol. The zero-order chi connectivity index (χ0) is 11.6. The minimum atomic E-state index is 0.435. The van der Waals surface area contributed by atoms with Gasteiger partial charge in [-0.1, -0.05) is 28.1 Å². The van der Waals surface area contributed by atoms with E-state index in [9.17, 15) is 0 Å². The Morgan fingerprint density at radius 3 is 2.44 bits per heavy atom. The topological polar surface area (TPSA) is 29.3 Å². The number of benzene rings is 1.